The van der Waals surface area contributed by atoms with Gasteiger partial charge >= 0.3 is 0 Å². The van der Waals surface area contributed by atoms with Gasteiger partial charge in [-0.15, -0.1) is 0 Å². The van der Waals surface area contributed by atoms with Gasteiger partial charge in [0.05, 0.1) is 0 Å². The molecule has 82 valence electrons. The Morgan fingerprint density at radius 1 is 1.40 bits per heavy atom. The molecular weight excluding hydrogens is 189 g/mol. The third-order valence-corrected chi connectivity index (χ3v) is 2.84. The van der Waals surface area contributed by atoms with Gasteiger partial charge in [-0.1, -0.05) is 19.1 Å². The van der Waals surface area contributed by atoms with Gasteiger partial charge in [-0.25, -0.2) is 4.39 Å². The SMILES string of the molecule is CCCNCc1ccc(C2CC2)c(F)c1. The molecule has 1 aliphatic carbocycles. The summed E-state index contributed by atoms with van der Waals surface area (Å²) in [5.41, 5.74) is 1.96. The van der Waals surface area contributed by atoms with Gasteiger partial charge < -0.3 is 5.32 Å². The van der Waals surface area contributed by atoms with Crippen molar-refractivity contribution in [3.05, 3.63) is 35.1 Å². The van der Waals surface area contributed by atoms with E-state index >= 15 is 0 Å². The quantitative estimate of drug-likeness (QED) is 0.731. The molecule has 1 nitrogen and oxygen atoms in total. The Kier molecular flexibility index (Phi) is 3.37. The van der Waals surface area contributed by atoms with Crippen molar-refractivity contribution < 1.29 is 4.39 Å². The monoisotopic (exact) mass is 207 g/mol. The van der Waals surface area contributed by atoms with Crippen LogP contribution < -0.4 is 5.32 Å². The molecule has 0 atom stereocenters. The van der Waals surface area contributed by atoms with E-state index in [0.717, 1.165) is 43.5 Å². The van der Waals surface area contributed by atoms with Crippen molar-refractivity contribution in [1.82, 2.24) is 5.32 Å². The molecule has 2 rings (SSSR count). The molecule has 1 aromatic rings. The second-order valence-corrected chi connectivity index (χ2v) is 4.31. The maximum atomic E-state index is 13.6. The number of rotatable bonds is 5. The molecule has 1 N–H and O–H groups in total. The van der Waals surface area contributed by atoms with E-state index in [1.807, 2.05) is 12.1 Å². The molecule has 0 spiro atoms. The Balaban J connectivity index is 1.98. The first-order valence-electron chi connectivity index (χ1n) is 5.80. The highest BCUT2D eigenvalue weighted by molar-refractivity contribution is 5.29. The molecule has 15 heavy (non-hydrogen) atoms. The topological polar surface area (TPSA) is 12.0 Å². The summed E-state index contributed by atoms with van der Waals surface area (Å²) < 4.78 is 13.6. The maximum absolute atomic E-state index is 13.6. The van der Waals surface area contributed by atoms with Crippen LogP contribution in [-0.4, -0.2) is 6.54 Å². The van der Waals surface area contributed by atoms with E-state index in [2.05, 4.69) is 12.2 Å². The number of benzene rings is 1. The van der Waals surface area contributed by atoms with Crippen LogP contribution in [0.25, 0.3) is 0 Å². The molecule has 1 saturated carbocycles. The Morgan fingerprint density at radius 3 is 2.80 bits per heavy atom. The molecule has 1 aliphatic rings. The predicted molar refractivity (Wildman–Crippen MR) is 60.4 cm³/mol. The summed E-state index contributed by atoms with van der Waals surface area (Å²) in [5, 5.41) is 3.28. The van der Waals surface area contributed by atoms with Crippen molar-refractivity contribution >= 4 is 0 Å². The summed E-state index contributed by atoms with van der Waals surface area (Å²) in [6.45, 7) is 3.89. The van der Waals surface area contributed by atoms with Crippen LogP contribution in [0.3, 0.4) is 0 Å². The normalized spacial score (nSPS) is 15.6. The van der Waals surface area contributed by atoms with Crippen LogP contribution >= 0.6 is 0 Å². The fourth-order valence-electron chi connectivity index (χ4n) is 1.82. The molecule has 0 aromatic heterocycles. The van der Waals surface area contributed by atoms with E-state index in [1.165, 1.54) is 0 Å². The van der Waals surface area contributed by atoms with Gasteiger partial charge in [0, 0.05) is 6.54 Å². The van der Waals surface area contributed by atoms with Gasteiger partial charge in [-0.3, -0.25) is 0 Å². The standard InChI is InChI=1S/C13H18FN/c1-2-7-15-9-10-3-6-12(11-4-5-11)13(14)8-10/h3,6,8,11,15H,2,4-5,7,9H2,1H3. The van der Waals surface area contributed by atoms with Crippen LogP contribution in [0, 0.1) is 5.82 Å². The van der Waals surface area contributed by atoms with Crippen molar-refractivity contribution in [2.45, 2.75) is 38.6 Å². The molecule has 0 unspecified atom stereocenters. The average molecular weight is 207 g/mol. The summed E-state index contributed by atoms with van der Waals surface area (Å²) >= 11 is 0. The van der Waals surface area contributed by atoms with Gasteiger partial charge in [0.2, 0.25) is 0 Å². The van der Waals surface area contributed by atoms with E-state index in [4.69, 9.17) is 0 Å². The molecule has 0 amide bonds. The lowest BCUT2D eigenvalue weighted by Gasteiger charge is -2.06. The molecule has 1 aromatic carbocycles. The fraction of sp³-hybridized carbons (Fsp3) is 0.538. The number of halogens is 1. The Bertz CT molecular complexity index is 331. The first-order valence-corrected chi connectivity index (χ1v) is 5.80. The van der Waals surface area contributed by atoms with E-state index in [0.29, 0.717) is 5.92 Å². The highest BCUT2D eigenvalue weighted by atomic mass is 19.1. The van der Waals surface area contributed by atoms with Crippen LogP contribution in [0.2, 0.25) is 0 Å². The molecule has 0 heterocycles. The first-order chi connectivity index (χ1) is 7.31. The van der Waals surface area contributed by atoms with Gasteiger partial charge in [0.25, 0.3) is 0 Å². The third-order valence-electron chi connectivity index (χ3n) is 2.84. The minimum atomic E-state index is -0.0201. The van der Waals surface area contributed by atoms with Crippen molar-refractivity contribution in [3.8, 4) is 0 Å². The van der Waals surface area contributed by atoms with Crippen molar-refractivity contribution in [3.63, 3.8) is 0 Å². The molecule has 0 aliphatic heterocycles. The van der Waals surface area contributed by atoms with Gasteiger partial charge in [-0.2, -0.15) is 0 Å². The van der Waals surface area contributed by atoms with Crippen molar-refractivity contribution in [1.29, 1.82) is 0 Å². The van der Waals surface area contributed by atoms with E-state index < -0.39 is 0 Å². The van der Waals surface area contributed by atoms with Gasteiger partial charge in [0.15, 0.2) is 0 Å². The summed E-state index contributed by atoms with van der Waals surface area (Å²) in [7, 11) is 0. The molecule has 0 radical (unpaired) electrons. The summed E-state index contributed by atoms with van der Waals surface area (Å²) in [4.78, 5) is 0. The Morgan fingerprint density at radius 2 is 2.20 bits per heavy atom. The van der Waals surface area contributed by atoms with E-state index in [-0.39, 0.29) is 5.82 Å². The van der Waals surface area contributed by atoms with Gasteiger partial charge in [-0.05, 0) is 48.9 Å². The van der Waals surface area contributed by atoms with Crippen LogP contribution in [0.1, 0.15) is 43.2 Å². The highest BCUT2D eigenvalue weighted by Crippen LogP contribution is 2.41. The van der Waals surface area contributed by atoms with E-state index in [9.17, 15) is 4.39 Å². The predicted octanol–water partition coefficient (Wildman–Crippen LogP) is 3.20. The summed E-state index contributed by atoms with van der Waals surface area (Å²) in [6.07, 6.45) is 3.43. The largest absolute Gasteiger partial charge is 0.313 e. The minimum absolute atomic E-state index is 0.0201. The highest BCUT2D eigenvalue weighted by Gasteiger charge is 2.26. The zero-order chi connectivity index (χ0) is 10.7. The minimum Gasteiger partial charge on any atom is -0.313 e. The lowest BCUT2D eigenvalue weighted by molar-refractivity contribution is 0.603. The average Bonchev–Trinajstić information content (AvgIpc) is 3.02. The fourth-order valence-corrected chi connectivity index (χ4v) is 1.82. The molecule has 1 fully saturated rings. The van der Waals surface area contributed by atoms with Crippen molar-refractivity contribution in [2.75, 3.05) is 6.54 Å². The summed E-state index contributed by atoms with van der Waals surface area (Å²) in [6, 6.07) is 5.67. The third kappa shape index (κ3) is 2.78. The van der Waals surface area contributed by atoms with Crippen LogP contribution in [0.5, 0.6) is 0 Å². The zero-order valence-electron chi connectivity index (χ0n) is 9.22. The smallest absolute Gasteiger partial charge is 0.127 e. The molecule has 0 bridgehead atoms. The van der Waals surface area contributed by atoms with Crippen LogP contribution in [-0.2, 0) is 6.54 Å². The number of nitrogens with one attached hydrogen (secondary N) is 1. The maximum Gasteiger partial charge on any atom is 0.127 e. The Hall–Kier alpha value is -0.890. The lowest BCUT2D eigenvalue weighted by atomic mass is 10.1. The van der Waals surface area contributed by atoms with Crippen LogP contribution in [0.4, 0.5) is 4.39 Å². The van der Waals surface area contributed by atoms with Crippen molar-refractivity contribution in [2.24, 2.45) is 0 Å². The zero-order valence-corrected chi connectivity index (χ0v) is 9.22. The Labute approximate surface area is 90.7 Å². The number of hydrogen-bond acceptors (Lipinski definition) is 1. The molecule has 0 saturated heterocycles. The lowest BCUT2D eigenvalue weighted by Crippen LogP contribution is -2.13. The second-order valence-electron chi connectivity index (χ2n) is 4.31. The summed E-state index contributed by atoms with van der Waals surface area (Å²) in [5.74, 6) is 0.482. The molecule has 2 heteroatoms. The number of hydrogen-bond donors (Lipinski definition) is 1. The molecular formula is C13H18FN. The van der Waals surface area contributed by atoms with Gasteiger partial charge in [0.1, 0.15) is 5.82 Å². The first kappa shape index (κ1) is 10.6. The van der Waals surface area contributed by atoms with E-state index in [1.54, 1.807) is 6.07 Å². The second kappa shape index (κ2) is 4.75. The van der Waals surface area contributed by atoms with Crippen LogP contribution in [0.15, 0.2) is 18.2 Å².